The third-order valence-corrected chi connectivity index (χ3v) is 3.70. The van der Waals surface area contributed by atoms with Crippen LogP contribution in [0.1, 0.15) is 28.4 Å². The van der Waals surface area contributed by atoms with E-state index in [1.54, 1.807) is 7.11 Å². The predicted molar refractivity (Wildman–Crippen MR) is 91.3 cm³/mol. The van der Waals surface area contributed by atoms with Crippen LogP contribution in [0.25, 0.3) is 0 Å². The molecule has 1 amide bonds. The fourth-order valence-corrected chi connectivity index (χ4v) is 2.18. The third kappa shape index (κ3) is 4.49. The Morgan fingerprint density at radius 3 is 2.43 bits per heavy atom. The first-order chi connectivity index (χ1) is 11.0. The average molecular weight is 313 g/mol. The van der Waals surface area contributed by atoms with E-state index in [9.17, 15) is 4.79 Å². The fourth-order valence-electron chi connectivity index (χ4n) is 2.18. The number of para-hydroxylation sites is 2. The number of carbonyl (C=O) groups excluding carboxylic acids is 1. The molecule has 0 heterocycles. The number of methoxy groups -OCH3 is 1. The van der Waals surface area contributed by atoms with E-state index in [1.807, 2.05) is 63.2 Å². The predicted octanol–water partition coefficient (Wildman–Crippen LogP) is 3.51. The van der Waals surface area contributed by atoms with Crippen molar-refractivity contribution in [2.45, 2.75) is 26.8 Å². The second-order valence-electron chi connectivity index (χ2n) is 5.64. The van der Waals surface area contributed by atoms with Gasteiger partial charge in [0.25, 0.3) is 5.91 Å². The molecule has 23 heavy (non-hydrogen) atoms. The molecule has 1 atom stereocenters. The summed E-state index contributed by atoms with van der Waals surface area (Å²) < 4.78 is 11.0. The van der Waals surface area contributed by atoms with Gasteiger partial charge in [-0.25, -0.2) is 0 Å². The van der Waals surface area contributed by atoms with Gasteiger partial charge in [-0.15, -0.1) is 0 Å². The van der Waals surface area contributed by atoms with Crippen LogP contribution >= 0.6 is 0 Å². The van der Waals surface area contributed by atoms with E-state index >= 15 is 0 Å². The maximum atomic E-state index is 12.3. The van der Waals surface area contributed by atoms with Crippen molar-refractivity contribution in [1.82, 2.24) is 5.32 Å². The molecule has 0 fully saturated rings. The van der Waals surface area contributed by atoms with Crippen LogP contribution in [0, 0.1) is 13.8 Å². The summed E-state index contributed by atoms with van der Waals surface area (Å²) in [6, 6.07) is 13.0. The molecular formula is C19H23NO3. The standard InChI is InChI=1S/C19H23NO3/c1-13-9-10-16(11-14(13)2)19(21)20-15(3)12-23-18-8-6-5-7-17(18)22-4/h5-11,15H,12H2,1-4H3,(H,20,21). The summed E-state index contributed by atoms with van der Waals surface area (Å²) in [5, 5.41) is 2.95. The third-order valence-electron chi connectivity index (χ3n) is 3.70. The largest absolute Gasteiger partial charge is 0.493 e. The lowest BCUT2D eigenvalue weighted by Crippen LogP contribution is -2.36. The molecule has 1 unspecified atom stereocenters. The number of aryl methyl sites for hydroxylation is 2. The molecule has 0 saturated heterocycles. The van der Waals surface area contributed by atoms with Crippen molar-refractivity contribution >= 4 is 5.91 Å². The summed E-state index contributed by atoms with van der Waals surface area (Å²) in [6.07, 6.45) is 0. The van der Waals surface area contributed by atoms with Crippen LogP contribution in [-0.4, -0.2) is 25.7 Å². The van der Waals surface area contributed by atoms with E-state index in [0.717, 1.165) is 5.56 Å². The lowest BCUT2D eigenvalue weighted by atomic mass is 10.1. The summed E-state index contributed by atoms with van der Waals surface area (Å²) in [4.78, 5) is 12.3. The van der Waals surface area contributed by atoms with Gasteiger partial charge in [-0.05, 0) is 56.2 Å². The second-order valence-corrected chi connectivity index (χ2v) is 5.64. The molecule has 2 aromatic rings. The smallest absolute Gasteiger partial charge is 0.251 e. The highest BCUT2D eigenvalue weighted by molar-refractivity contribution is 5.94. The number of ether oxygens (including phenoxy) is 2. The van der Waals surface area contributed by atoms with Crippen molar-refractivity contribution in [3.8, 4) is 11.5 Å². The van der Waals surface area contributed by atoms with Crippen LogP contribution in [0.5, 0.6) is 11.5 Å². The molecule has 0 bridgehead atoms. The minimum absolute atomic E-state index is 0.0933. The minimum Gasteiger partial charge on any atom is -0.493 e. The van der Waals surface area contributed by atoms with Crippen molar-refractivity contribution in [1.29, 1.82) is 0 Å². The maximum Gasteiger partial charge on any atom is 0.251 e. The average Bonchev–Trinajstić information content (AvgIpc) is 2.55. The zero-order valence-corrected chi connectivity index (χ0v) is 14.1. The van der Waals surface area contributed by atoms with Crippen LogP contribution in [-0.2, 0) is 0 Å². The molecule has 0 radical (unpaired) electrons. The van der Waals surface area contributed by atoms with Gasteiger partial charge in [0.1, 0.15) is 6.61 Å². The molecular weight excluding hydrogens is 290 g/mol. The van der Waals surface area contributed by atoms with Gasteiger partial charge < -0.3 is 14.8 Å². The molecule has 4 nitrogen and oxygen atoms in total. The van der Waals surface area contributed by atoms with Gasteiger partial charge in [-0.3, -0.25) is 4.79 Å². The van der Waals surface area contributed by atoms with Crippen molar-refractivity contribution in [3.63, 3.8) is 0 Å². The van der Waals surface area contributed by atoms with Gasteiger partial charge in [-0.2, -0.15) is 0 Å². The first-order valence-corrected chi connectivity index (χ1v) is 7.65. The van der Waals surface area contributed by atoms with E-state index in [2.05, 4.69) is 5.32 Å². The second kappa shape index (κ2) is 7.68. The normalized spacial score (nSPS) is 11.7. The van der Waals surface area contributed by atoms with E-state index < -0.39 is 0 Å². The molecule has 0 spiro atoms. The monoisotopic (exact) mass is 313 g/mol. The van der Waals surface area contributed by atoms with Gasteiger partial charge in [0, 0.05) is 5.56 Å². The Kier molecular flexibility index (Phi) is 5.63. The van der Waals surface area contributed by atoms with Crippen molar-refractivity contribution in [3.05, 3.63) is 59.2 Å². The summed E-state index contributed by atoms with van der Waals surface area (Å²) >= 11 is 0. The molecule has 0 aromatic heterocycles. The Labute approximate surface area is 137 Å². The van der Waals surface area contributed by atoms with Gasteiger partial charge in [-0.1, -0.05) is 18.2 Å². The molecule has 0 saturated carbocycles. The number of hydrogen-bond donors (Lipinski definition) is 1. The van der Waals surface area contributed by atoms with E-state index in [4.69, 9.17) is 9.47 Å². The molecule has 0 aliphatic heterocycles. The number of benzene rings is 2. The van der Waals surface area contributed by atoms with Crippen LogP contribution in [0.2, 0.25) is 0 Å². The zero-order valence-electron chi connectivity index (χ0n) is 14.1. The van der Waals surface area contributed by atoms with Crippen LogP contribution in [0.15, 0.2) is 42.5 Å². The zero-order chi connectivity index (χ0) is 16.8. The summed E-state index contributed by atoms with van der Waals surface area (Å²) in [5.41, 5.74) is 2.95. The van der Waals surface area contributed by atoms with Crippen LogP contribution in [0.3, 0.4) is 0 Å². The molecule has 122 valence electrons. The summed E-state index contributed by atoms with van der Waals surface area (Å²) in [7, 11) is 1.60. The first-order valence-electron chi connectivity index (χ1n) is 7.65. The van der Waals surface area contributed by atoms with Crippen LogP contribution in [0.4, 0.5) is 0 Å². The highest BCUT2D eigenvalue weighted by Gasteiger charge is 2.12. The van der Waals surface area contributed by atoms with Gasteiger partial charge in [0.15, 0.2) is 11.5 Å². The number of nitrogens with one attached hydrogen (secondary N) is 1. The summed E-state index contributed by atoms with van der Waals surface area (Å²) in [6.45, 7) is 6.31. The highest BCUT2D eigenvalue weighted by atomic mass is 16.5. The number of carbonyl (C=O) groups is 1. The van der Waals surface area contributed by atoms with Crippen molar-refractivity contribution in [2.75, 3.05) is 13.7 Å². The Balaban J connectivity index is 1.92. The molecule has 0 aliphatic carbocycles. The maximum absolute atomic E-state index is 12.3. The molecule has 2 aromatic carbocycles. The number of hydrogen-bond acceptors (Lipinski definition) is 3. The molecule has 1 N–H and O–H groups in total. The number of amides is 1. The quantitative estimate of drug-likeness (QED) is 0.888. The Hall–Kier alpha value is -2.49. The van der Waals surface area contributed by atoms with Gasteiger partial charge in [0.2, 0.25) is 0 Å². The Morgan fingerprint density at radius 1 is 1.09 bits per heavy atom. The van der Waals surface area contributed by atoms with Crippen LogP contribution < -0.4 is 14.8 Å². The fraction of sp³-hybridized carbons (Fsp3) is 0.316. The van der Waals surface area contributed by atoms with Crippen molar-refractivity contribution in [2.24, 2.45) is 0 Å². The van der Waals surface area contributed by atoms with Gasteiger partial charge in [0.05, 0.1) is 13.2 Å². The lowest BCUT2D eigenvalue weighted by molar-refractivity contribution is 0.0926. The SMILES string of the molecule is COc1ccccc1OCC(C)NC(=O)c1ccc(C)c(C)c1. The molecule has 0 aliphatic rings. The number of rotatable bonds is 6. The minimum atomic E-state index is -0.117. The molecule has 4 heteroatoms. The van der Waals surface area contributed by atoms with E-state index in [1.165, 1.54) is 5.56 Å². The van der Waals surface area contributed by atoms with E-state index in [-0.39, 0.29) is 11.9 Å². The lowest BCUT2D eigenvalue weighted by Gasteiger charge is -2.16. The first kappa shape index (κ1) is 16.9. The Morgan fingerprint density at radius 2 is 1.78 bits per heavy atom. The highest BCUT2D eigenvalue weighted by Crippen LogP contribution is 2.25. The summed E-state index contributed by atoms with van der Waals surface area (Å²) in [5.74, 6) is 1.26. The van der Waals surface area contributed by atoms with E-state index in [0.29, 0.717) is 23.7 Å². The molecule has 2 rings (SSSR count). The van der Waals surface area contributed by atoms with Gasteiger partial charge >= 0.3 is 0 Å². The van der Waals surface area contributed by atoms with Crippen molar-refractivity contribution < 1.29 is 14.3 Å². The topological polar surface area (TPSA) is 47.6 Å². The Bertz CT molecular complexity index is 682.